The van der Waals surface area contributed by atoms with E-state index in [0.29, 0.717) is 23.0 Å². The molecule has 0 aromatic carbocycles. The summed E-state index contributed by atoms with van der Waals surface area (Å²) in [5, 5.41) is 0. The highest BCUT2D eigenvalue weighted by atomic mass is 32.2. The molecule has 0 radical (unpaired) electrons. The van der Waals surface area contributed by atoms with Gasteiger partial charge in [0.15, 0.2) is 6.29 Å². The van der Waals surface area contributed by atoms with Gasteiger partial charge in [-0.05, 0) is 37.3 Å². The Balaban J connectivity index is 1.76. The first kappa shape index (κ1) is 13.3. The maximum absolute atomic E-state index is 11.4. The zero-order chi connectivity index (χ0) is 14.2. The molecule has 3 rings (SSSR count). The molecule has 2 aromatic heterocycles. The Morgan fingerprint density at radius 3 is 2.70 bits per heavy atom. The number of nitrogens with zero attached hydrogens (tertiary/aromatic N) is 2. The molecule has 6 heteroatoms. The summed E-state index contributed by atoms with van der Waals surface area (Å²) in [7, 11) is -2.81. The van der Waals surface area contributed by atoms with Crippen LogP contribution in [-0.4, -0.2) is 35.6 Å². The van der Waals surface area contributed by atoms with Crippen molar-refractivity contribution in [2.75, 3.05) is 11.5 Å². The summed E-state index contributed by atoms with van der Waals surface area (Å²) in [6.45, 7) is 0. The molecule has 1 aliphatic rings. The van der Waals surface area contributed by atoms with Gasteiger partial charge in [-0.25, -0.2) is 13.4 Å². The molecule has 0 bridgehead atoms. The second-order valence-electron chi connectivity index (χ2n) is 5.38. The van der Waals surface area contributed by atoms with Gasteiger partial charge >= 0.3 is 0 Å². The number of pyridine rings is 1. The Kier molecular flexibility index (Phi) is 3.33. The van der Waals surface area contributed by atoms with Crippen LogP contribution >= 0.6 is 0 Å². The van der Waals surface area contributed by atoms with Crippen LogP contribution in [0.4, 0.5) is 0 Å². The fourth-order valence-electron chi connectivity index (χ4n) is 2.67. The van der Waals surface area contributed by atoms with Crippen LogP contribution in [0.3, 0.4) is 0 Å². The monoisotopic (exact) mass is 292 g/mol. The summed E-state index contributed by atoms with van der Waals surface area (Å²) >= 11 is 0. The molecule has 0 amide bonds. The zero-order valence-corrected chi connectivity index (χ0v) is 11.8. The third-order valence-corrected chi connectivity index (χ3v) is 5.55. The number of carbonyl (C=O) groups excluding carboxylic acids is 1. The topological polar surface area (TPSA) is 68.5 Å². The van der Waals surface area contributed by atoms with Crippen LogP contribution in [0.2, 0.25) is 0 Å². The number of fused-ring (bicyclic) bond motifs is 1. The van der Waals surface area contributed by atoms with Crippen molar-refractivity contribution in [3.05, 3.63) is 35.8 Å². The van der Waals surface area contributed by atoms with Gasteiger partial charge in [0.25, 0.3) is 0 Å². The maximum atomic E-state index is 11.4. The second-order valence-corrected chi connectivity index (χ2v) is 7.68. The molecular formula is C14H16N2O3S. The number of hydrogen-bond donors (Lipinski definition) is 0. The lowest BCUT2D eigenvalue weighted by Crippen LogP contribution is -2.24. The van der Waals surface area contributed by atoms with Crippen LogP contribution in [-0.2, 0) is 16.3 Å². The molecule has 1 aliphatic heterocycles. The molecule has 0 N–H and O–H groups in total. The van der Waals surface area contributed by atoms with Crippen molar-refractivity contribution in [3.63, 3.8) is 0 Å². The number of imidazole rings is 1. The van der Waals surface area contributed by atoms with Gasteiger partial charge in [-0.3, -0.25) is 4.79 Å². The number of rotatable bonds is 3. The van der Waals surface area contributed by atoms with Crippen LogP contribution < -0.4 is 0 Å². The van der Waals surface area contributed by atoms with Crippen LogP contribution in [0.15, 0.2) is 24.5 Å². The van der Waals surface area contributed by atoms with E-state index in [1.807, 2.05) is 16.7 Å². The molecule has 0 spiro atoms. The Morgan fingerprint density at radius 1 is 1.25 bits per heavy atom. The van der Waals surface area contributed by atoms with E-state index in [1.54, 1.807) is 12.3 Å². The van der Waals surface area contributed by atoms with E-state index in [9.17, 15) is 13.2 Å². The second kappa shape index (κ2) is 5.01. The van der Waals surface area contributed by atoms with Gasteiger partial charge in [0, 0.05) is 18.0 Å². The normalized spacial score (nSPS) is 19.2. The average Bonchev–Trinajstić information content (AvgIpc) is 2.82. The van der Waals surface area contributed by atoms with Crippen molar-refractivity contribution in [1.82, 2.24) is 9.38 Å². The summed E-state index contributed by atoms with van der Waals surface area (Å²) in [5.74, 6) is 0.967. The molecule has 2 aromatic rings. The number of sulfone groups is 1. The smallest absolute Gasteiger partial charge is 0.151 e. The van der Waals surface area contributed by atoms with Crippen molar-refractivity contribution in [3.8, 4) is 0 Å². The van der Waals surface area contributed by atoms with Crippen LogP contribution in [0, 0.1) is 5.92 Å². The van der Waals surface area contributed by atoms with Gasteiger partial charge in [0.05, 0.1) is 17.2 Å². The highest BCUT2D eigenvalue weighted by molar-refractivity contribution is 7.91. The molecule has 0 aliphatic carbocycles. The SMILES string of the molecule is O=Cc1ccc2nc(CC3CCS(=O)(=O)CC3)cn2c1. The average molecular weight is 292 g/mol. The number of carbonyl (C=O) groups is 1. The van der Waals surface area contributed by atoms with E-state index >= 15 is 0 Å². The van der Waals surface area contributed by atoms with Gasteiger partial charge < -0.3 is 4.40 Å². The Morgan fingerprint density at radius 2 is 2.00 bits per heavy atom. The lowest BCUT2D eigenvalue weighted by Gasteiger charge is -2.20. The van der Waals surface area contributed by atoms with Gasteiger partial charge in [-0.15, -0.1) is 0 Å². The van der Waals surface area contributed by atoms with Gasteiger partial charge in [-0.1, -0.05) is 0 Å². The number of hydrogen-bond acceptors (Lipinski definition) is 4. The minimum Gasteiger partial charge on any atom is -0.306 e. The first-order valence-corrected chi connectivity index (χ1v) is 8.51. The Bertz CT molecular complexity index is 735. The zero-order valence-electron chi connectivity index (χ0n) is 11.0. The molecule has 1 fully saturated rings. The van der Waals surface area contributed by atoms with Crippen molar-refractivity contribution in [2.45, 2.75) is 19.3 Å². The van der Waals surface area contributed by atoms with Gasteiger partial charge in [0.2, 0.25) is 0 Å². The van der Waals surface area contributed by atoms with E-state index < -0.39 is 9.84 Å². The predicted octanol–water partition coefficient (Wildman–Crippen LogP) is 1.51. The fourth-order valence-corrected chi connectivity index (χ4v) is 4.26. The van der Waals surface area contributed by atoms with Gasteiger partial charge in [-0.2, -0.15) is 0 Å². The molecule has 20 heavy (non-hydrogen) atoms. The lowest BCUT2D eigenvalue weighted by atomic mass is 9.97. The van der Waals surface area contributed by atoms with Crippen molar-refractivity contribution in [1.29, 1.82) is 0 Å². The summed E-state index contributed by atoms with van der Waals surface area (Å²) < 4.78 is 24.7. The standard InChI is InChI=1S/C14H16N2O3S/c17-10-12-1-2-14-15-13(9-16(14)8-12)7-11-3-5-20(18,19)6-4-11/h1-2,8-11H,3-7H2. The predicted molar refractivity (Wildman–Crippen MR) is 75.7 cm³/mol. The summed E-state index contributed by atoms with van der Waals surface area (Å²) in [4.78, 5) is 15.3. The largest absolute Gasteiger partial charge is 0.306 e. The fraction of sp³-hybridized carbons (Fsp3) is 0.429. The lowest BCUT2D eigenvalue weighted by molar-refractivity contribution is 0.112. The molecule has 0 saturated carbocycles. The molecule has 5 nitrogen and oxygen atoms in total. The summed E-state index contributed by atoms with van der Waals surface area (Å²) in [6, 6.07) is 3.56. The van der Waals surface area contributed by atoms with Crippen LogP contribution in [0.1, 0.15) is 28.9 Å². The van der Waals surface area contributed by atoms with E-state index in [2.05, 4.69) is 4.98 Å². The van der Waals surface area contributed by atoms with Crippen molar-refractivity contribution < 1.29 is 13.2 Å². The van der Waals surface area contributed by atoms with Crippen LogP contribution in [0.25, 0.3) is 5.65 Å². The third kappa shape index (κ3) is 2.75. The van der Waals surface area contributed by atoms with Crippen LogP contribution in [0.5, 0.6) is 0 Å². The van der Waals surface area contributed by atoms with E-state index in [1.165, 1.54) is 0 Å². The molecule has 0 atom stereocenters. The van der Waals surface area contributed by atoms with Crippen molar-refractivity contribution >= 4 is 21.8 Å². The highest BCUT2D eigenvalue weighted by Crippen LogP contribution is 2.22. The number of aromatic nitrogens is 2. The summed E-state index contributed by atoms with van der Waals surface area (Å²) in [5.41, 5.74) is 2.39. The third-order valence-electron chi connectivity index (χ3n) is 3.83. The molecule has 1 saturated heterocycles. The Hall–Kier alpha value is -1.69. The quantitative estimate of drug-likeness (QED) is 0.804. The van der Waals surface area contributed by atoms with E-state index in [0.717, 1.165) is 36.9 Å². The molecule has 0 unspecified atom stereocenters. The summed E-state index contributed by atoms with van der Waals surface area (Å²) in [6.07, 6.45) is 6.72. The first-order chi connectivity index (χ1) is 9.55. The van der Waals surface area contributed by atoms with Crippen molar-refractivity contribution in [2.24, 2.45) is 5.92 Å². The number of aldehydes is 1. The molecular weight excluding hydrogens is 276 g/mol. The van der Waals surface area contributed by atoms with Gasteiger partial charge in [0.1, 0.15) is 15.5 Å². The minimum atomic E-state index is -2.81. The van der Waals surface area contributed by atoms with E-state index in [4.69, 9.17) is 0 Å². The minimum absolute atomic E-state index is 0.292. The maximum Gasteiger partial charge on any atom is 0.151 e. The molecule has 106 valence electrons. The highest BCUT2D eigenvalue weighted by Gasteiger charge is 2.24. The molecule has 3 heterocycles. The first-order valence-electron chi connectivity index (χ1n) is 6.69. The van der Waals surface area contributed by atoms with E-state index in [-0.39, 0.29) is 0 Å². The Labute approximate surface area is 117 Å².